The van der Waals surface area contributed by atoms with Gasteiger partial charge >= 0.3 is 11.9 Å². The van der Waals surface area contributed by atoms with Crippen molar-refractivity contribution in [3.63, 3.8) is 0 Å². The highest BCUT2D eigenvalue weighted by Crippen LogP contribution is 2.23. The predicted molar refractivity (Wildman–Crippen MR) is 137 cm³/mol. The fraction of sp³-hybridized carbons (Fsp3) is 0.690. The minimum absolute atomic E-state index is 0.0646. The van der Waals surface area contributed by atoms with Crippen molar-refractivity contribution >= 4 is 17.7 Å². The Morgan fingerprint density at radius 2 is 1.12 bits per heavy atom. The van der Waals surface area contributed by atoms with Crippen molar-refractivity contribution in [3.8, 4) is 5.75 Å². The van der Waals surface area contributed by atoms with Crippen LogP contribution in [0, 0.1) is 5.41 Å². The first kappa shape index (κ1) is 29.9. The minimum Gasteiger partial charge on any atom is -0.465 e. The van der Waals surface area contributed by atoms with E-state index in [0.29, 0.717) is 17.9 Å². The molecule has 0 N–H and O–H groups in total. The summed E-state index contributed by atoms with van der Waals surface area (Å²) in [4.78, 5) is 36.2. The molecule has 0 radical (unpaired) electrons. The van der Waals surface area contributed by atoms with Gasteiger partial charge in [-0.3, -0.25) is 14.4 Å². The zero-order valence-corrected chi connectivity index (χ0v) is 22.0. The van der Waals surface area contributed by atoms with Gasteiger partial charge in [-0.25, -0.2) is 0 Å². The van der Waals surface area contributed by atoms with Gasteiger partial charge in [0.1, 0.15) is 5.75 Å². The number of ketones is 1. The summed E-state index contributed by atoms with van der Waals surface area (Å²) in [5.74, 6) is -1.02. The fourth-order valence-corrected chi connectivity index (χ4v) is 3.72. The summed E-state index contributed by atoms with van der Waals surface area (Å²) in [6.45, 7) is 7.06. The Bertz CT molecular complexity index is 721. The van der Waals surface area contributed by atoms with Crippen molar-refractivity contribution in [2.24, 2.45) is 5.41 Å². The summed E-state index contributed by atoms with van der Waals surface area (Å²) < 4.78 is 10.7. The quantitative estimate of drug-likeness (QED) is 0.0671. The lowest BCUT2D eigenvalue weighted by Crippen LogP contribution is -2.38. The third-order valence-corrected chi connectivity index (χ3v) is 6.22. The molecule has 5 heteroatoms. The van der Waals surface area contributed by atoms with Gasteiger partial charge in [-0.15, -0.1) is 0 Å². The smallest absolute Gasteiger partial charge is 0.328 e. The first-order valence-electron chi connectivity index (χ1n) is 13.3. The normalized spacial score (nSPS) is 11.3. The van der Waals surface area contributed by atoms with E-state index in [9.17, 15) is 14.4 Å². The molecular formula is C29H46O5. The maximum atomic E-state index is 12.5. The molecule has 0 saturated carbocycles. The Kier molecular flexibility index (Phi) is 15.2. The van der Waals surface area contributed by atoms with E-state index in [-0.39, 0.29) is 5.78 Å². The van der Waals surface area contributed by atoms with Crippen LogP contribution in [0.25, 0.3) is 0 Å². The molecule has 0 aliphatic rings. The van der Waals surface area contributed by atoms with Crippen LogP contribution in [0.4, 0.5) is 0 Å². The van der Waals surface area contributed by atoms with E-state index in [1.54, 1.807) is 24.3 Å². The van der Waals surface area contributed by atoms with Crippen molar-refractivity contribution in [1.82, 2.24) is 0 Å². The molecule has 0 bridgehead atoms. The van der Waals surface area contributed by atoms with E-state index >= 15 is 0 Å². The fourth-order valence-electron chi connectivity index (χ4n) is 3.72. The van der Waals surface area contributed by atoms with Gasteiger partial charge in [0.15, 0.2) is 11.2 Å². The number of carbonyl (C=O) groups excluding carboxylic acids is 3. The highest BCUT2D eigenvalue weighted by atomic mass is 16.6. The molecule has 1 aromatic carbocycles. The zero-order chi connectivity index (χ0) is 25.2. The Labute approximate surface area is 207 Å². The van der Waals surface area contributed by atoms with Crippen LogP contribution in [0.5, 0.6) is 5.75 Å². The van der Waals surface area contributed by atoms with Crippen LogP contribution in [0.1, 0.15) is 128 Å². The van der Waals surface area contributed by atoms with Crippen molar-refractivity contribution in [1.29, 1.82) is 0 Å². The number of rotatable bonds is 19. The van der Waals surface area contributed by atoms with Gasteiger partial charge in [0.05, 0.1) is 6.61 Å². The van der Waals surface area contributed by atoms with E-state index in [1.165, 1.54) is 91.4 Å². The second-order valence-electron chi connectivity index (χ2n) is 9.83. The number of hydrogen-bond donors (Lipinski definition) is 0. The van der Waals surface area contributed by atoms with Gasteiger partial charge in [0.25, 0.3) is 0 Å². The summed E-state index contributed by atoms with van der Waals surface area (Å²) in [5, 5.41) is 0. The number of carbonyl (C=O) groups is 3. The van der Waals surface area contributed by atoms with Crippen LogP contribution in [-0.4, -0.2) is 24.3 Å². The lowest BCUT2D eigenvalue weighted by Gasteiger charge is -2.20. The van der Waals surface area contributed by atoms with E-state index < -0.39 is 17.4 Å². The largest absolute Gasteiger partial charge is 0.465 e. The molecule has 192 valence electrons. The van der Waals surface area contributed by atoms with Crippen LogP contribution >= 0.6 is 0 Å². The lowest BCUT2D eigenvalue weighted by molar-refractivity contribution is -0.164. The number of hydrogen-bond acceptors (Lipinski definition) is 5. The van der Waals surface area contributed by atoms with Crippen LogP contribution in [0.2, 0.25) is 0 Å². The molecule has 0 fully saturated rings. The number of ether oxygens (including phenoxy) is 2. The molecule has 0 amide bonds. The monoisotopic (exact) mass is 474 g/mol. The summed E-state index contributed by atoms with van der Waals surface area (Å²) in [7, 11) is 0. The first-order chi connectivity index (χ1) is 16.3. The van der Waals surface area contributed by atoms with Gasteiger partial charge < -0.3 is 9.47 Å². The minimum atomic E-state index is -1.39. The molecule has 1 aromatic rings. The number of unbranched alkanes of at least 4 members (excludes halogenated alkanes) is 13. The van der Waals surface area contributed by atoms with E-state index in [2.05, 4.69) is 6.92 Å². The Morgan fingerprint density at radius 1 is 0.676 bits per heavy atom. The number of esters is 2. The van der Waals surface area contributed by atoms with Gasteiger partial charge in [-0.05, 0) is 51.5 Å². The van der Waals surface area contributed by atoms with Gasteiger partial charge in [0.2, 0.25) is 0 Å². The summed E-state index contributed by atoms with van der Waals surface area (Å²) in [5.41, 5.74) is -0.860. The van der Waals surface area contributed by atoms with Crippen LogP contribution in [0.15, 0.2) is 24.3 Å². The standard InChI is InChI=1S/C29H46O5/c1-5-6-7-8-9-10-11-12-13-14-15-16-17-18-23-33-27(31)29(3,4)28(32)34-26-21-19-25(20-22-26)24(2)30/h19-22H,5-18,23H2,1-4H3. The third kappa shape index (κ3) is 12.3. The van der Waals surface area contributed by atoms with Crippen molar-refractivity contribution in [2.75, 3.05) is 6.61 Å². The molecule has 0 heterocycles. The molecule has 0 aliphatic carbocycles. The average molecular weight is 475 g/mol. The Balaban J connectivity index is 2.09. The van der Waals surface area contributed by atoms with E-state index in [1.807, 2.05) is 0 Å². The second kappa shape index (κ2) is 17.3. The molecule has 0 aromatic heterocycles. The highest BCUT2D eigenvalue weighted by Gasteiger charge is 2.39. The van der Waals surface area contributed by atoms with Crippen LogP contribution in [0.3, 0.4) is 0 Å². The van der Waals surface area contributed by atoms with E-state index in [0.717, 1.165) is 19.3 Å². The highest BCUT2D eigenvalue weighted by molar-refractivity contribution is 6.00. The van der Waals surface area contributed by atoms with Gasteiger partial charge in [-0.2, -0.15) is 0 Å². The van der Waals surface area contributed by atoms with E-state index in [4.69, 9.17) is 9.47 Å². The zero-order valence-electron chi connectivity index (χ0n) is 22.0. The number of Topliss-reactive ketones (excluding diaryl/α,β-unsaturated/α-hetero) is 1. The van der Waals surface area contributed by atoms with Crippen LogP contribution in [-0.2, 0) is 14.3 Å². The average Bonchev–Trinajstić information content (AvgIpc) is 2.81. The topological polar surface area (TPSA) is 69.7 Å². The summed E-state index contributed by atoms with van der Waals surface area (Å²) >= 11 is 0. The Hall–Kier alpha value is -2.17. The predicted octanol–water partition coefficient (Wildman–Crippen LogP) is 7.85. The molecule has 0 atom stereocenters. The van der Waals surface area contributed by atoms with Crippen LogP contribution < -0.4 is 4.74 Å². The summed E-state index contributed by atoms with van der Waals surface area (Å²) in [6.07, 6.45) is 17.8. The molecule has 34 heavy (non-hydrogen) atoms. The van der Waals surface area contributed by atoms with Crippen molar-refractivity contribution in [2.45, 2.75) is 118 Å². The van der Waals surface area contributed by atoms with Gasteiger partial charge in [0, 0.05) is 5.56 Å². The SMILES string of the molecule is CCCCCCCCCCCCCCCCOC(=O)C(C)(C)C(=O)Oc1ccc(C(C)=O)cc1. The third-order valence-electron chi connectivity index (χ3n) is 6.22. The van der Waals surface area contributed by atoms with Crippen molar-refractivity contribution < 1.29 is 23.9 Å². The molecular weight excluding hydrogens is 428 g/mol. The number of benzene rings is 1. The maximum absolute atomic E-state index is 12.5. The second-order valence-corrected chi connectivity index (χ2v) is 9.83. The molecule has 1 rings (SSSR count). The maximum Gasteiger partial charge on any atom is 0.328 e. The molecule has 5 nitrogen and oxygen atoms in total. The Morgan fingerprint density at radius 3 is 1.56 bits per heavy atom. The summed E-state index contributed by atoms with van der Waals surface area (Å²) in [6, 6.07) is 6.27. The lowest BCUT2D eigenvalue weighted by atomic mass is 9.94. The first-order valence-corrected chi connectivity index (χ1v) is 13.3. The molecule has 0 spiro atoms. The van der Waals surface area contributed by atoms with Crippen molar-refractivity contribution in [3.05, 3.63) is 29.8 Å². The molecule has 0 aliphatic heterocycles. The molecule has 0 unspecified atom stereocenters. The van der Waals surface area contributed by atoms with Gasteiger partial charge in [-0.1, -0.05) is 90.4 Å². The molecule has 0 saturated heterocycles.